The predicted molar refractivity (Wildman–Crippen MR) is 122 cm³/mol. The minimum Gasteiger partial charge on any atom is -0.484 e. The van der Waals surface area contributed by atoms with Crippen LogP contribution in [-0.2, 0) is 0 Å². The average Bonchev–Trinajstić information content (AvgIpc) is 2.86. The fourth-order valence-electron chi connectivity index (χ4n) is 3.62. The number of carbonyl (C=O) groups is 1. The van der Waals surface area contributed by atoms with Crippen LogP contribution in [0.4, 0.5) is 5.82 Å². The van der Waals surface area contributed by atoms with Gasteiger partial charge in [0.15, 0.2) is 5.75 Å². The van der Waals surface area contributed by atoms with Crippen molar-refractivity contribution in [2.45, 2.75) is 19.8 Å². The third-order valence-corrected chi connectivity index (χ3v) is 5.69. The SMILES string of the molecule is COc1ncc(-c2cc(NCC(C)C(C)c3ccnc4c3OCCO4)ncn2)cc1C(N)=O. The van der Waals surface area contributed by atoms with Gasteiger partial charge in [-0.1, -0.05) is 13.8 Å². The van der Waals surface area contributed by atoms with Crippen molar-refractivity contribution < 1.29 is 19.0 Å². The third-order valence-electron chi connectivity index (χ3n) is 5.69. The van der Waals surface area contributed by atoms with E-state index in [0.29, 0.717) is 42.7 Å². The highest BCUT2D eigenvalue weighted by Crippen LogP contribution is 2.38. The minimum atomic E-state index is -0.621. The molecule has 33 heavy (non-hydrogen) atoms. The number of aromatic nitrogens is 4. The zero-order chi connectivity index (χ0) is 23.4. The number of carbonyl (C=O) groups excluding carboxylic acids is 1. The third kappa shape index (κ3) is 4.79. The number of fused-ring (bicyclic) bond motifs is 1. The minimum absolute atomic E-state index is 0.175. The maximum atomic E-state index is 11.7. The lowest BCUT2D eigenvalue weighted by molar-refractivity contribution is 0.0996. The van der Waals surface area contributed by atoms with Crippen LogP contribution in [0, 0.1) is 5.92 Å². The molecule has 0 saturated carbocycles. The first-order valence-electron chi connectivity index (χ1n) is 10.6. The van der Waals surface area contributed by atoms with Crippen LogP contribution >= 0.6 is 0 Å². The number of nitrogens with zero attached hydrogens (tertiary/aromatic N) is 4. The summed E-state index contributed by atoms with van der Waals surface area (Å²) in [4.78, 5) is 28.8. The van der Waals surface area contributed by atoms with Gasteiger partial charge >= 0.3 is 0 Å². The second-order valence-corrected chi connectivity index (χ2v) is 7.81. The molecule has 4 heterocycles. The average molecular weight is 450 g/mol. The van der Waals surface area contributed by atoms with Crippen molar-refractivity contribution in [2.24, 2.45) is 11.7 Å². The first-order chi connectivity index (χ1) is 16.0. The number of primary amides is 1. The van der Waals surface area contributed by atoms with Crippen LogP contribution in [0.3, 0.4) is 0 Å². The molecule has 0 spiro atoms. The van der Waals surface area contributed by atoms with Crippen molar-refractivity contribution in [1.29, 1.82) is 0 Å². The Kier molecular flexibility index (Phi) is 6.53. The Labute approximate surface area is 191 Å². The van der Waals surface area contributed by atoms with Gasteiger partial charge in [-0.2, -0.15) is 0 Å². The van der Waals surface area contributed by atoms with E-state index in [4.69, 9.17) is 19.9 Å². The summed E-state index contributed by atoms with van der Waals surface area (Å²) in [6.07, 6.45) is 4.79. The Bertz CT molecular complexity index is 1160. The first kappa shape index (κ1) is 22.3. The molecule has 3 aromatic heterocycles. The van der Waals surface area contributed by atoms with Crippen molar-refractivity contribution in [1.82, 2.24) is 19.9 Å². The summed E-state index contributed by atoms with van der Waals surface area (Å²) in [5.41, 5.74) is 7.95. The Balaban J connectivity index is 1.47. The molecule has 4 rings (SSSR count). The number of rotatable bonds is 8. The van der Waals surface area contributed by atoms with E-state index in [0.717, 1.165) is 11.3 Å². The van der Waals surface area contributed by atoms with E-state index in [1.807, 2.05) is 6.07 Å². The number of hydrogen-bond donors (Lipinski definition) is 2. The summed E-state index contributed by atoms with van der Waals surface area (Å²) in [5.74, 6) is 1.94. The second kappa shape index (κ2) is 9.68. The lowest BCUT2D eigenvalue weighted by atomic mass is 9.88. The van der Waals surface area contributed by atoms with Crippen LogP contribution in [0.1, 0.15) is 35.7 Å². The molecular weight excluding hydrogens is 424 g/mol. The highest BCUT2D eigenvalue weighted by molar-refractivity contribution is 5.96. The van der Waals surface area contributed by atoms with Crippen LogP contribution in [-0.4, -0.2) is 52.7 Å². The molecule has 0 fully saturated rings. The molecule has 0 saturated heterocycles. The number of anilines is 1. The van der Waals surface area contributed by atoms with Gasteiger partial charge in [-0.05, 0) is 24.0 Å². The normalized spacial score (nSPS) is 14.3. The van der Waals surface area contributed by atoms with Crippen LogP contribution in [0.25, 0.3) is 11.3 Å². The molecule has 3 aromatic rings. The van der Waals surface area contributed by atoms with E-state index in [9.17, 15) is 4.79 Å². The first-order valence-corrected chi connectivity index (χ1v) is 10.6. The van der Waals surface area contributed by atoms with Gasteiger partial charge in [0.1, 0.15) is 30.9 Å². The summed E-state index contributed by atoms with van der Waals surface area (Å²) < 4.78 is 16.5. The van der Waals surface area contributed by atoms with Gasteiger partial charge in [0, 0.05) is 36.1 Å². The van der Waals surface area contributed by atoms with Gasteiger partial charge in [-0.25, -0.2) is 19.9 Å². The molecule has 10 nitrogen and oxygen atoms in total. The van der Waals surface area contributed by atoms with Gasteiger partial charge < -0.3 is 25.3 Å². The topological polar surface area (TPSA) is 134 Å². The van der Waals surface area contributed by atoms with Crippen molar-refractivity contribution in [3.05, 3.63) is 48.0 Å². The number of ether oxygens (including phenoxy) is 3. The van der Waals surface area contributed by atoms with Gasteiger partial charge in [-0.15, -0.1) is 0 Å². The fourth-order valence-corrected chi connectivity index (χ4v) is 3.62. The van der Waals surface area contributed by atoms with E-state index in [1.54, 1.807) is 24.5 Å². The molecule has 1 amide bonds. The maximum absolute atomic E-state index is 11.7. The number of nitrogens with one attached hydrogen (secondary N) is 1. The van der Waals surface area contributed by atoms with Crippen molar-refractivity contribution in [2.75, 3.05) is 32.2 Å². The predicted octanol–water partition coefficient (Wildman–Crippen LogP) is 2.66. The Morgan fingerprint density at radius 2 is 2.00 bits per heavy atom. The Hall–Kier alpha value is -3.95. The zero-order valence-electron chi connectivity index (χ0n) is 18.7. The van der Waals surface area contributed by atoms with Crippen LogP contribution in [0.2, 0.25) is 0 Å². The smallest absolute Gasteiger partial charge is 0.257 e. The van der Waals surface area contributed by atoms with E-state index in [-0.39, 0.29) is 23.3 Å². The van der Waals surface area contributed by atoms with Gasteiger partial charge in [0.05, 0.1) is 12.8 Å². The quantitative estimate of drug-likeness (QED) is 0.531. The molecule has 3 N–H and O–H groups in total. The number of methoxy groups -OCH3 is 1. The van der Waals surface area contributed by atoms with Crippen LogP contribution in [0.15, 0.2) is 36.9 Å². The molecule has 0 aliphatic carbocycles. The lowest BCUT2D eigenvalue weighted by Crippen LogP contribution is -2.21. The number of nitrogens with two attached hydrogens (primary N) is 1. The summed E-state index contributed by atoms with van der Waals surface area (Å²) in [7, 11) is 1.43. The summed E-state index contributed by atoms with van der Waals surface area (Å²) in [6, 6.07) is 5.39. The van der Waals surface area contributed by atoms with Crippen LogP contribution < -0.4 is 25.3 Å². The fraction of sp³-hybridized carbons (Fsp3) is 0.348. The second-order valence-electron chi connectivity index (χ2n) is 7.81. The highest BCUT2D eigenvalue weighted by atomic mass is 16.6. The molecule has 172 valence electrons. The van der Waals surface area contributed by atoms with E-state index < -0.39 is 5.91 Å². The molecule has 0 aromatic carbocycles. The van der Waals surface area contributed by atoms with E-state index in [1.165, 1.54) is 13.4 Å². The molecule has 2 atom stereocenters. The summed E-state index contributed by atoms with van der Waals surface area (Å²) in [6.45, 7) is 6.01. The lowest BCUT2D eigenvalue weighted by Gasteiger charge is -2.26. The molecule has 1 aliphatic heterocycles. The van der Waals surface area contributed by atoms with E-state index in [2.05, 4.69) is 39.1 Å². The van der Waals surface area contributed by atoms with Crippen molar-refractivity contribution in [3.63, 3.8) is 0 Å². The largest absolute Gasteiger partial charge is 0.484 e. The van der Waals surface area contributed by atoms with Crippen molar-refractivity contribution >= 4 is 11.7 Å². The molecule has 10 heteroatoms. The van der Waals surface area contributed by atoms with Crippen molar-refractivity contribution in [3.8, 4) is 28.8 Å². The van der Waals surface area contributed by atoms with Gasteiger partial charge in [0.2, 0.25) is 5.88 Å². The summed E-state index contributed by atoms with van der Waals surface area (Å²) >= 11 is 0. The van der Waals surface area contributed by atoms with Gasteiger partial charge in [0.25, 0.3) is 11.8 Å². The number of pyridine rings is 2. The maximum Gasteiger partial charge on any atom is 0.257 e. The molecule has 0 radical (unpaired) electrons. The van der Waals surface area contributed by atoms with Gasteiger partial charge in [-0.3, -0.25) is 4.79 Å². The Morgan fingerprint density at radius 1 is 1.18 bits per heavy atom. The molecule has 2 unspecified atom stereocenters. The monoisotopic (exact) mass is 450 g/mol. The molecule has 0 bridgehead atoms. The molecule has 1 aliphatic rings. The Morgan fingerprint density at radius 3 is 2.79 bits per heavy atom. The van der Waals surface area contributed by atoms with E-state index >= 15 is 0 Å². The summed E-state index contributed by atoms with van der Waals surface area (Å²) in [5, 5.41) is 3.37. The number of hydrogen-bond acceptors (Lipinski definition) is 9. The standard InChI is InChI=1S/C23H26N6O4/c1-13(14(2)16-4-5-25-23-20(16)32-6-7-33-23)10-26-19-9-18(28-12-29-19)15-8-17(21(24)30)22(31-3)27-11-15/h4-5,8-9,11-14H,6-7,10H2,1-3H3,(H2,24,30)(H,26,28,29). The zero-order valence-corrected chi connectivity index (χ0v) is 18.7. The highest BCUT2D eigenvalue weighted by Gasteiger charge is 2.24. The number of amides is 1. The molecular formula is C23H26N6O4. The van der Waals surface area contributed by atoms with Crippen LogP contribution in [0.5, 0.6) is 17.5 Å².